The van der Waals surface area contributed by atoms with Crippen LogP contribution in [0, 0.1) is 23.7 Å². The van der Waals surface area contributed by atoms with Crippen molar-refractivity contribution in [2.24, 2.45) is 0 Å². The van der Waals surface area contributed by atoms with Gasteiger partial charge in [0.15, 0.2) is 0 Å². The number of unbranched alkanes of at least 4 members (excludes halogenated alkanes) is 36. The first-order valence-corrected chi connectivity index (χ1v) is 52.9. The Balaban J connectivity index is 1.37. The van der Waals surface area contributed by atoms with Gasteiger partial charge in [0, 0.05) is 58.5 Å². The fourth-order valence-electron chi connectivity index (χ4n) is 17.6. The molecule has 8 bridgehead atoms. The molecule has 3 aromatic heterocycles. The van der Waals surface area contributed by atoms with Crippen molar-refractivity contribution in [1.29, 1.82) is 0 Å². The highest BCUT2D eigenvalue weighted by atomic mass is 32.2. The number of hydrogen-bond acceptors (Lipinski definition) is 12. The minimum atomic E-state index is -0.0945. The molecule has 2 N–H and O–H groups in total. The van der Waals surface area contributed by atoms with E-state index in [9.17, 15) is 9.59 Å². The maximum atomic E-state index is 14.0. The van der Waals surface area contributed by atoms with Gasteiger partial charge in [-0.3, -0.25) is 19.4 Å². The van der Waals surface area contributed by atoms with Crippen molar-refractivity contribution in [1.82, 2.24) is 29.7 Å². The van der Waals surface area contributed by atoms with Crippen LogP contribution in [0.4, 0.5) is 0 Å². The second-order valence-corrected chi connectivity index (χ2v) is 38.7. The molecule has 0 spiro atoms. The van der Waals surface area contributed by atoms with Gasteiger partial charge in [0.2, 0.25) is 0 Å². The monoisotopic (exact) mass is 1790 g/mol. The number of carbonyl (C=O) groups excluding carboxylic acids is 2. The predicted octanol–water partition coefficient (Wildman–Crippen LogP) is 32.5. The standard InChI is InChI=1S/C110H156N6O6S4/c1-11-21-29-37-41-43-47-51-59-83(57-49-45-39-31-23-13-3)105-95-69-65-91(111-95)89(63-61-85-77-101(121-75-55-35-27-17-7)87(79-99(85)119-73-53-33-25-15-5)81-103-107(117)115(19-9)109(123)125-103)93-67-71-97(113-93)106(84(58-50-46-40-32-24-14-4)60-52-48-44-42-38-30-22-12-2)98-72-68-94(114-98)90(92-66-70-96(105)112-92)64-62-86-78-102(122-76-56-36-28-18-8)88(80-100(86)120-74-54-34-26-16-6)82-104-108(118)116(20-10)110(124)126-104/h65-72,77-84,111-112H,11-60,73-76H2,1-10H3/b91-89?,92-90?,93-89?,94-90?,103-81-,104-82+,105-95?,105-96?,106-97?,106-98?. The molecule has 686 valence electrons. The van der Waals surface area contributed by atoms with Crippen molar-refractivity contribution >= 4 is 127 Å². The molecule has 0 aliphatic carbocycles. The molecule has 2 amide bonds. The van der Waals surface area contributed by atoms with E-state index in [0.717, 1.165) is 221 Å². The number of hydrogen-bond donors (Lipinski definition) is 2. The normalized spacial score (nSPS) is 14.3. The molecule has 2 fully saturated rings. The molecule has 0 saturated carbocycles. The highest BCUT2D eigenvalue weighted by Crippen LogP contribution is 2.43. The number of likely N-dealkylation sites (N-methyl/N-ethyl adjacent to an activating group) is 2. The number of nitrogens with zero attached hydrogens (tertiary/aromatic N) is 4. The number of rotatable bonds is 62. The Bertz CT molecular complexity index is 4420. The molecule has 5 aromatic rings. The van der Waals surface area contributed by atoms with Crippen LogP contribution in [0.25, 0.3) is 58.5 Å². The van der Waals surface area contributed by atoms with E-state index in [-0.39, 0.29) is 23.7 Å². The predicted molar refractivity (Wildman–Crippen MR) is 549 cm³/mol. The number of aromatic amines is 2. The third-order valence-electron chi connectivity index (χ3n) is 25.1. The van der Waals surface area contributed by atoms with Crippen LogP contribution in [-0.2, 0) is 9.59 Å². The van der Waals surface area contributed by atoms with Crippen LogP contribution in [-0.4, -0.2) is 89.7 Å². The molecule has 0 radical (unpaired) electrons. The zero-order chi connectivity index (χ0) is 89.3. The van der Waals surface area contributed by atoms with Crippen molar-refractivity contribution in [3.05, 3.63) is 126 Å². The smallest absolute Gasteiger partial charge is 0.266 e. The molecule has 2 unspecified atom stereocenters. The van der Waals surface area contributed by atoms with Crippen LogP contribution in [0.3, 0.4) is 0 Å². The highest BCUT2D eigenvalue weighted by molar-refractivity contribution is 8.27. The lowest BCUT2D eigenvalue weighted by molar-refractivity contribution is -0.122. The summed E-state index contributed by atoms with van der Waals surface area (Å²) in [4.78, 5) is 52.8. The van der Waals surface area contributed by atoms with Gasteiger partial charge in [-0.2, -0.15) is 0 Å². The average Bonchev–Trinajstić information content (AvgIpc) is 1.63. The molecule has 2 saturated heterocycles. The minimum Gasteiger partial charge on any atom is -0.493 e. The molecular formula is C110H156N6O6S4. The zero-order valence-electron chi connectivity index (χ0n) is 79.3. The fraction of sp³-hybridized carbons (Fsp3) is 0.600. The van der Waals surface area contributed by atoms with Crippen molar-refractivity contribution < 1.29 is 28.5 Å². The van der Waals surface area contributed by atoms with E-state index >= 15 is 0 Å². The molecule has 2 atom stereocenters. The van der Waals surface area contributed by atoms with Crippen LogP contribution in [0.2, 0.25) is 0 Å². The van der Waals surface area contributed by atoms with Gasteiger partial charge >= 0.3 is 0 Å². The first-order valence-electron chi connectivity index (χ1n) is 50.4. The number of thiocarbonyl (C=S) groups is 2. The lowest BCUT2D eigenvalue weighted by atomic mass is 9.86. The summed E-state index contributed by atoms with van der Waals surface area (Å²) in [6, 6.07) is 17.4. The second-order valence-electron chi connectivity index (χ2n) is 35.4. The van der Waals surface area contributed by atoms with Gasteiger partial charge < -0.3 is 28.9 Å². The maximum Gasteiger partial charge on any atom is 0.266 e. The number of thioether (sulfide) groups is 2. The highest BCUT2D eigenvalue weighted by Gasteiger charge is 2.33. The number of H-pyrrole nitrogens is 2. The van der Waals surface area contributed by atoms with Crippen molar-refractivity contribution in [2.45, 2.75) is 389 Å². The van der Waals surface area contributed by atoms with E-state index < -0.39 is 0 Å². The van der Waals surface area contributed by atoms with Gasteiger partial charge in [-0.05, 0) is 150 Å². The molecular weight excluding hydrogens is 1630 g/mol. The van der Waals surface area contributed by atoms with E-state index in [2.05, 4.69) is 150 Å². The summed E-state index contributed by atoms with van der Waals surface area (Å²) in [5.74, 6) is 18.2. The molecule has 126 heavy (non-hydrogen) atoms. The van der Waals surface area contributed by atoms with Crippen LogP contribution in [0.5, 0.6) is 23.0 Å². The fourth-order valence-corrected chi connectivity index (χ4v) is 20.4. The topological polar surface area (TPSA) is 135 Å². The zero-order valence-corrected chi connectivity index (χ0v) is 82.6. The number of fused-ring (bicyclic) bond motifs is 8. The lowest BCUT2D eigenvalue weighted by Crippen LogP contribution is -2.27. The van der Waals surface area contributed by atoms with Gasteiger partial charge in [0.05, 0.1) is 92.3 Å². The van der Waals surface area contributed by atoms with Crippen molar-refractivity contribution in [3.63, 3.8) is 0 Å². The van der Waals surface area contributed by atoms with Gasteiger partial charge in [-0.1, -0.05) is 384 Å². The molecule has 16 heteroatoms. The first kappa shape index (κ1) is 102. The van der Waals surface area contributed by atoms with Crippen LogP contribution < -0.4 is 18.9 Å². The Morgan fingerprint density at radius 3 is 0.929 bits per heavy atom. The largest absolute Gasteiger partial charge is 0.493 e. The Kier molecular flexibility index (Phi) is 48.0. The maximum absolute atomic E-state index is 14.0. The Morgan fingerprint density at radius 2 is 0.619 bits per heavy atom. The number of carbonyl (C=O) groups is 2. The number of amides is 2. The number of benzene rings is 2. The molecule has 7 heterocycles. The summed E-state index contributed by atoms with van der Waals surface area (Å²) in [5, 5.41) is 0. The van der Waals surface area contributed by atoms with E-state index in [4.69, 9.17) is 53.4 Å². The Labute approximate surface area is 780 Å². The first-order chi connectivity index (χ1) is 61.8. The number of aromatic nitrogens is 4. The van der Waals surface area contributed by atoms with Gasteiger partial charge in [-0.15, -0.1) is 0 Å². The SMILES string of the molecule is CCCCCCCCCCC(CCCCCCCC)c1c2nc(c(C#Cc3cc(OCCCCCC)c(/C=C4\SC(=S)N(CC)C4=O)cc3OCCCCCC)c3ccc([nH]3)c(C(CCCCCCCC)CCCCCCCCCC)c3ccc([nH]3)c(C#Cc3cc(OCCCCCC)c(/C=C4/SC(=S)N(CC)C4=O)cc3OCCCCCC)c3nc1C=C3)C=C2. The molecule has 12 nitrogen and oxygen atoms in total. The van der Waals surface area contributed by atoms with E-state index in [1.807, 2.05) is 38.1 Å². The van der Waals surface area contributed by atoms with Crippen LogP contribution >= 0.6 is 48.0 Å². The van der Waals surface area contributed by atoms with E-state index in [0.29, 0.717) is 92.1 Å². The van der Waals surface area contributed by atoms with Crippen LogP contribution in [0.1, 0.15) is 457 Å². The summed E-state index contributed by atoms with van der Waals surface area (Å²) in [5.41, 5.74) is 14.2. The quantitative estimate of drug-likeness (QED) is 0.0163. The molecule has 2 aromatic carbocycles. The third-order valence-corrected chi connectivity index (χ3v) is 27.9. The Hall–Kier alpha value is -7.34. The summed E-state index contributed by atoms with van der Waals surface area (Å²) >= 11 is 14.3. The second kappa shape index (κ2) is 59.1. The summed E-state index contributed by atoms with van der Waals surface area (Å²) in [7, 11) is 0. The van der Waals surface area contributed by atoms with Crippen molar-refractivity contribution in [2.75, 3.05) is 39.5 Å². The van der Waals surface area contributed by atoms with E-state index in [1.54, 1.807) is 9.80 Å². The van der Waals surface area contributed by atoms with Crippen LogP contribution in [0.15, 0.2) is 58.3 Å². The Morgan fingerprint density at radius 1 is 0.341 bits per heavy atom. The summed E-state index contributed by atoms with van der Waals surface area (Å²) in [6.45, 7) is 25.2. The summed E-state index contributed by atoms with van der Waals surface area (Å²) in [6.07, 6.45) is 68.2. The van der Waals surface area contributed by atoms with Gasteiger partial charge in [-0.25, -0.2) is 9.97 Å². The summed E-state index contributed by atoms with van der Waals surface area (Å²) < 4.78 is 28.8. The average molecular weight is 1790 g/mol. The van der Waals surface area contributed by atoms with Gasteiger partial charge in [0.25, 0.3) is 11.8 Å². The molecule has 4 aliphatic heterocycles. The lowest BCUT2D eigenvalue weighted by Gasteiger charge is -2.19. The minimum absolute atomic E-state index is 0.0945. The number of ether oxygens (including phenoxy) is 4. The molecule has 4 aliphatic rings. The van der Waals surface area contributed by atoms with Gasteiger partial charge in [0.1, 0.15) is 31.6 Å². The number of nitrogens with one attached hydrogen (secondary N) is 2. The van der Waals surface area contributed by atoms with Crippen molar-refractivity contribution in [3.8, 4) is 46.7 Å². The molecule has 9 rings (SSSR count). The van der Waals surface area contributed by atoms with E-state index in [1.165, 1.54) is 189 Å². The third kappa shape index (κ3) is 32.6.